The number of Topliss-reactive ketones (excluding diaryl/α,β-unsaturated/α-hetero) is 2. The number of rotatable bonds is 7. The fourth-order valence-corrected chi connectivity index (χ4v) is 3.22. The Morgan fingerprint density at radius 1 is 1.32 bits per heavy atom. The van der Waals surface area contributed by atoms with Crippen molar-refractivity contribution in [3.63, 3.8) is 0 Å². The van der Waals surface area contributed by atoms with Gasteiger partial charge in [-0.15, -0.1) is 10.2 Å². The molecule has 130 valence electrons. The number of aromatic nitrogens is 6. The van der Waals surface area contributed by atoms with Gasteiger partial charge in [0.25, 0.3) is 5.22 Å². The molecule has 0 spiro atoms. The zero-order valence-electron chi connectivity index (χ0n) is 13.9. The normalized spacial score (nSPS) is 11.0. The molecule has 0 aliphatic rings. The summed E-state index contributed by atoms with van der Waals surface area (Å²) in [7, 11) is 0. The molecule has 25 heavy (non-hydrogen) atoms. The molecule has 0 unspecified atom stereocenters. The highest BCUT2D eigenvalue weighted by Gasteiger charge is 2.20. The van der Waals surface area contributed by atoms with Gasteiger partial charge in [0.15, 0.2) is 11.6 Å². The highest BCUT2D eigenvalue weighted by Crippen LogP contribution is 2.22. The Labute approximate surface area is 147 Å². The average molecular weight is 360 g/mol. The van der Waals surface area contributed by atoms with Gasteiger partial charge in [-0.25, -0.2) is 9.67 Å². The number of hydrogen-bond acceptors (Lipinski definition) is 8. The van der Waals surface area contributed by atoms with Crippen LogP contribution in [-0.2, 0) is 6.54 Å². The minimum Gasteiger partial charge on any atom is -0.414 e. The number of H-pyrrole nitrogens is 1. The maximum atomic E-state index is 12.4. The number of nitrogens with one attached hydrogen (secondary N) is 1. The Bertz CT molecular complexity index is 912. The van der Waals surface area contributed by atoms with E-state index >= 15 is 0 Å². The van der Waals surface area contributed by atoms with E-state index in [2.05, 4.69) is 25.3 Å². The van der Waals surface area contributed by atoms with Crippen LogP contribution in [0.15, 0.2) is 22.3 Å². The first-order valence-electron chi connectivity index (χ1n) is 7.46. The minimum atomic E-state index is -0.130. The van der Waals surface area contributed by atoms with Crippen molar-refractivity contribution in [2.45, 2.75) is 32.5 Å². The van der Waals surface area contributed by atoms with Crippen LogP contribution in [0.5, 0.6) is 0 Å². The van der Waals surface area contributed by atoms with Gasteiger partial charge < -0.3 is 9.40 Å². The molecule has 0 aliphatic heterocycles. The molecule has 0 aromatic carbocycles. The fraction of sp³-hybridized carbons (Fsp3) is 0.333. The van der Waals surface area contributed by atoms with Gasteiger partial charge in [0.05, 0.1) is 11.4 Å². The van der Waals surface area contributed by atoms with Crippen molar-refractivity contribution in [3.8, 4) is 0 Å². The second kappa shape index (κ2) is 7.01. The number of thioether (sulfide) groups is 1. The van der Waals surface area contributed by atoms with Crippen LogP contribution >= 0.6 is 11.8 Å². The molecule has 10 heteroatoms. The third kappa shape index (κ3) is 3.68. The van der Waals surface area contributed by atoms with Crippen molar-refractivity contribution in [1.82, 2.24) is 29.9 Å². The summed E-state index contributed by atoms with van der Waals surface area (Å²) in [4.78, 5) is 30.9. The zero-order valence-corrected chi connectivity index (χ0v) is 14.8. The van der Waals surface area contributed by atoms with Crippen LogP contribution in [0.1, 0.15) is 44.9 Å². The summed E-state index contributed by atoms with van der Waals surface area (Å²) in [5.41, 5.74) is 2.39. The van der Waals surface area contributed by atoms with E-state index in [1.54, 1.807) is 24.9 Å². The fourth-order valence-electron chi connectivity index (χ4n) is 2.57. The molecule has 3 aromatic heterocycles. The Morgan fingerprint density at radius 2 is 2.12 bits per heavy atom. The highest BCUT2D eigenvalue weighted by molar-refractivity contribution is 7.99. The van der Waals surface area contributed by atoms with Crippen molar-refractivity contribution >= 4 is 23.3 Å². The predicted molar refractivity (Wildman–Crippen MR) is 88.7 cm³/mol. The Morgan fingerprint density at radius 3 is 2.76 bits per heavy atom. The molecule has 0 atom stereocenters. The van der Waals surface area contributed by atoms with Crippen molar-refractivity contribution in [2.75, 3.05) is 5.75 Å². The van der Waals surface area contributed by atoms with E-state index in [1.807, 2.05) is 0 Å². The van der Waals surface area contributed by atoms with Crippen LogP contribution in [0.25, 0.3) is 0 Å². The van der Waals surface area contributed by atoms with E-state index in [0.717, 1.165) is 11.8 Å². The van der Waals surface area contributed by atoms with E-state index in [9.17, 15) is 9.59 Å². The molecule has 0 aliphatic carbocycles. The maximum absolute atomic E-state index is 12.4. The molecule has 0 radical (unpaired) electrons. The van der Waals surface area contributed by atoms with Crippen molar-refractivity contribution in [2.24, 2.45) is 0 Å². The molecule has 0 fully saturated rings. The Balaban J connectivity index is 1.64. The number of aryl methyl sites for hydroxylation is 1. The van der Waals surface area contributed by atoms with Crippen molar-refractivity contribution < 1.29 is 14.0 Å². The van der Waals surface area contributed by atoms with Gasteiger partial charge in [-0.2, -0.15) is 5.10 Å². The van der Waals surface area contributed by atoms with E-state index in [0.29, 0.717) is 40.2 Å². The molecule has 3 rings (SSSR count). The van der Waals surface area contributed by atoms with E-state index < -0.39 is 0 Å². The topological polar surface area (TPSA) is 120 Å². The first-order valence-corrected chi connectivity index (χ1v) is 8.45. The number of carbonyl (C=O) groups is 2. The molecule has 1 N–H and O–H groups in total. The lowest BCUT2D eigenvalue weighted by atomic mass is 10.1. The molecule has 3 aromatic rings. The predicted octanol–water partition coefficient (Wildman–Crippen LogP) is 1.83. The van der Waals surface area contributed by atoms with Crippen LogP contribution < -0.4 is 0 Å². The standard InChI is InChI=1S/C15H16N6O3S/c1-8-13(10(3)22)9(2)18-14(8)11(23)5-25-15-20-19-12(24-15)4-21-7-16-6-17-21/h6-7,18H,4-5H2,1-3H3. The van der Waals surface area contributed by atoms with Crippen LogP contribution in [0.4, 0.5) is 0 Å². The van der Waals surface area contributed by atoms with Crippen molar-refractivity contribution in [1.29, 1.82) is 0 Å². The second-order valence-corrected chi connectivity index (χ2v) is 6.37. The lowest BCUT2D eigenvalue weighted by Gasteiger charge is -1.99. The van der Waals surface area contributed by atoms with Gasteiger partial charge in [0, 0.05) is 11.3 Å². The molecule has 0 saturated heterocycles. The summed E-state index contributed by atoms with van der Waals surface area (Å²) in [6, 6.07) is 0. The van der Waals surface area contributed by atoms with Crippen LogP contribution in [0.2, 0.25) is 0 Å². The summed E-state index contributed by atoms with van der Waals surface area (Å²) in [6.07, 6.45) is 2.96. The molecule has 0 saturated carbocycles. The Kier molecular flexibility index (Phi) is 4.79. The zero-order chi connectivity index (χ0) is 18.0. The van der Waals surface area contributed by atoms with Gasteiger partial charge in [-0.05, 0) is 26.3 Å². The quantitative estimate of drug-likeness (QED) is 0.500. The van der Waals surface area contributed by atoms with Gasteiger partial charge in [-0.3, -0.25) is 9.59 Å². The minimum absolute atomic E-state index is 0.0624. The number of nitrogens with zero attached hydrogens (tertiary/aromatic N) is 5. The summed E-state index contributed by atoms with van der Waals surface area (Å²) in [5, 5.41) is 12.1. The summed E-state index contributed by atoms with van der Waals surface area (Å²) >= 11 is 1.15. The van der Waals surface area contributed by atoms with Gasteiger partial charge in [-0.1, -0.05) is 11.8 Å². The molecule has 0 amide bonds. The van der Waals surface area contributed by atoms with E-state index in [1.165, 1.54) is 13.3 Å². The van der Waals surface area contributed by atoms with Gasteiger partial charge in [0.1, 0.15) is 19.2 Å². The summed E-state index contributed by atoms with van der Waals surface area (Å²) in [6.45, 7) is 5.35. The SMILES string of the molecule is CC(=O)c1c(C)[nH]c(C(=O)CSc2nnc(Cn3cncn3)o2)c1C. The third-order valence-corrected chi connectivity index (χ3v) is 4.43. The molecule has 3 heterocycles. The first kappa shape index (κ1) is 17.1. The maximum Gasteiger partial charge on any atom is 0.277 e. The molecule has 0 bridgehead atoms. The number of hydrogen-bond donors (Lipinski definition) is 1. The summed E-state index contributed by atoms with van der Waals surface area (Å²) in [5.74, 6) is 0.316. The van der Waals surface area contributed by atoms with Gasteiger partial charge in [0.2, 0.25) is 5.89 Å². The van der Waals surface area contributed by atoms with E-state index in [-0.39, 0.29) is 17.3 Å². The Hall–Kier alpha value is -2.75. The number of aromatic amines is 1. The van der Waals surface area contributed by atoms with Gasteiger partial charge >= 0.3 is 0 Å². The van der Waals surface area contributed by atoms with Crippen LogP contribution in [0.3, 0.4) is 0 Å². The average Bonchev–Trinajstić information content (AvgIpc) is 3.27. The molecular weight excluding hydrogens is 344 g/mol. The largest absolute Gasteiger partial charge is 0.414 e. The first-order chi connectivity index (χ1) is 12.0. The smallest absolute Gasteiger partial charge is 0.277 e. The van der Waals surface area contributed by atoms with E-state index in [4.69, 9.17) is 4.42 Å². The second-order valence-electron chi connectivity index (χ2n) is 5.45. The third-order valence-electron chi connectivity index (χ3n) is 3.61. The lowest BCUT2D eigenvalue weighted by molar-refractivity contribution is 0.101. The highest BCUT2D eigenvalue weighted by atomic mass is 32.2. The van der Waals surface area contributed by atoms with Crippen LogP contribution in [-0.4, -0.2) is 47.3 Å². The van der Waals surface area contributed by atoms with Crippen molar-refractivity contribution in [3.05, 3.63) is 41.1 Å². The number of carbonyl (C=O) groups excluding carboxylic acids is 2. The lowest BCUT2D eigenvalue weighted by Crippen LogP contribution is -2.05. The monoisotopic (exact) mass is 360 g/mol. The molecule has 9 nitrogen and oxygen atoms in total. The molecular formula is C15H16N6O3S. The van der Waals surface area contributed by atoms with Crippen LogP contribution in [0, 0.1) is 13.8 Å². The number of ketones is 2. The summed E-state index contributed by atoms with van der Waals surface area (Å²) < 4.78 is 7.03.